The van der Waals surface area contributed by atoms with Gasteiger partial charge in [-0.15, -0.1) is 0 Å². The van der Waals surface area contributed by atoms with Gasteiger partial charge in [0.25, 0.3) is 0 Å². The Kier molecular flexibility index (Phi) is 2.46. The number of carboxylic acid groups (broad SMARTS) is 1. The molecule has 0 fully saturated rings. The van der Waals surface area contributed by atoms with Crippen molar-refractivity contribution in [1.82, 2.24) is 25.2 Å². The summed E-state index contributed by atoms with van der Waals surface area (Å²) in [5, 5.41) is 19.3. The summed E-state index contributed by atoms with van der Waals surface area (Å²) >= 11 is 0. The zero-order valence-corrected chi connectivity index (χ0v) is 8.23. The summed E-state index contributed by atoms with van der Waals surface area (Å²) in [6.07, 6.45) is 1.37. The number of hydrogen-bond acceptors (Lipinski definition) is 6. The van der Waals surface area contributed by atoms with Gasteiger partial charge in [0.05, 0.1) is 0 Å². The SMILES string of the molecule is Cn1nnnc1Oc1cccnc1C(=O)O. The van der Waals surface area contributed by atoms with Crippen molar-refractivity contribution in [3.05, 3.63) is 24.0 Å². The summed E-state index contributed by atoms with van der Waals surface area (Å²) in [4.78, 5) is 14.5. The standard InChI is InChI=1S/C8H7N5O3/c1-13-8(10-11-12-13)16-5-3-2-4-9-6(5)7(14)15/h2-4H,1H3,(H,14,15). The maximum absolute atomic E-state index is 10.8. The average Bonchev–Trinajstić information content (AvgIpc) is 2.65. The Morgan fingerprint density at radius 1 is 1.56 bits per heavy atom. The summed E-state index contributed by atoms with van der Waals surface area (Å²) in [6.45, 7) is 0. The lowest BCUT2D eigenvalue weighted by Gasteiger charge is -2.04. The fourth-order valence-corrected chi connectivity index (χ4v) is 1.04. The first-order valence-corrected chi connectivity index (χ1v) is 4.27. The van der Waals surface area contributed by atoms with Crippen LogP contribution < -0.4 is 4.74 Å². The van der Waals surface area contributed by atoms with Crippen molar-refractivity contribution in [1.29, 1.82) is 0 Å². The average molecular weight is 221 g/mol. The van der Waals surface area contributed by atoms with Crippen molar-refractivity contribution in [2.24, 2.45) is 7.05 Å². The summed E-state index contributed by atoms with van der Waals surface area (Å²) in [6, 6.07) is 3.13. The first-order valence-electron chi connectivity index (χ1n) is 4.27. The van der Waals surface area contributed by atoms with E-state index < -0.39 is 5.97 Å². The molecule has 0 atom stereocenters. The Labute approximate surface area is 89.5 Å². The number of carboxylic acids is 1. The lowest BCUT2D eigenvalue weighted by atomic mass is 10.3. The van der Waals surface area contributed by atoms with Gasteiger partial charge in [0.1, 0.15) is 0 Å². The second kappa shape index (κ2) is 3.93. The van der Waals surface area contributed by atoms with Crippen LogP contribution in [0.2, 0.25) is 0 Å². The topological polar surface area (TPSA) is 103 Å². The first-order chi connectivity index (χ1) is 7.68. The third-order valence-corrected chi connectivity index (χ3v) is 1.76. The van der Waals surface area contributed by atoms with Crippen LogP contribution in [0.3, 0.4) is 0 Å². The van der Waals surface area contributed by atoms with E-state index in [2.05, 4.69) is 20.5 Å². The van der Waals surface area contributed by atoms with Gasteiger partial charge < -0.3 is 9.84 Å². The van der Waals surface area contributed by atoms with Crippen LogP contribution in [0.15, 0.2) is 18.3 Å². The number of nitrogens with zero attached hydrogens (tertiary/aromatic N) is 5. The van der Waals surface area contributed by atoms with Crippen LogP contribution in [-0.2, 0) is 7.05 Å². The molecule has 0 aliphatic heterocycles. The lowest BCUT2D eigenvalue weighted by Crippen LogP contribution is -2.04. The van der Waals surface area contributed by atoms with Gasteiger partial charge in [0, 0.05) is 13.2 Å². The predicted octanol–water partition coefficient (Wildman–Crippen LogP) is 0.0956. The van der Waals surface area contributed by atoms with Crippen molar-refractivity contribution in [3.63, 3.8) is 0 Å². The summed E-state index contributed by atoms with van der Waals surface area (Å²) in [5.74, 6) is -1.08. The normalized spacial score (nSPS) is 10.1. The molecule has 0 amide bonds. The molecule has 2 aromatic heterocycles. The van der Waals surface area contributed by atoms with E-state index in [4.69, 9.17) is 9.84 Å². The molecule has 0 aliphatic rings. The van der Waals surface area contributed by atoms with E-state index in [1.807, 2.05) is 0 Å². The Morgan fingerprint density at radius 2 is 2.38 bits per heavy atom. The molecule has 0 saturated carbocycles. The molecule has 82 valence electrons. The number of aromatic nitrogens is 5. The number of aryl methyl sites for hydroxylation is 1. The van der Waals surface area contributed by atoms with Crippen LogP contribution in [0, 0.1) is 0 Å². The Morgan fingerprint density at radius 3 is 3.00 bits per heavy atom. The fourth-order valence-electron chi connectivity index (χ4n) is 1.04. The fraction of sp³-hybridized carbons (Fsp3) is 0.125. The second-order valence-corrected chi connectivity index (χ2v) is 2.84. The van der Waals surface area contributed by atoms with Gasteiger partial charge in [-0.2, -0.15) is 4.68 Å². The molecule has 0 aromatic carbocycles. The maximum atomic E-state index is 10.8. The number of hydrogen-bond donors (Lipinski definition) is 1. The predicted molar refractivity (Wildman–Crippen MR) is 50.1 cm³/mol. The third kappa shape index (κ3) is 1.80. The highest BCUT2D eigenvalue weighted by Crippen LogP contribution is 2.20. The van der Waals surface area contributed by atoms with E-state index in [0.717, 1.165) is 0 Å². The maximum Gasteiger partial charge on any atom is 0.358 e. The van der Waals surface area contributed by atoms with Crippen LogP contribution >= 0.6 is 0 Å². The molecule has 16 heavy (non-hydrogen) atoms. The number of rotatable bonds is 3. The molecule has 1 N–H and O–H groups in total. The van der Waals surface area contributed by atoms with E-state index >= 15 is 0 Å². The Balaban J connectivity index is 2.35. The number of carbonyl (C=O) groups is 1. The van der Waals surface area contributed by atoms with Crippen LogP contribution in [0.1, 0.15) is 10.5 Å². The molecule has 8 nitrogen and oxygen atoms in total. The van der Waals surface area contributed by atoms with Gasteiger partial charge in [-0.25, -0.2) is 9.78 Å². The zero-order chi connectivity index (χ0) is 11.5. The van der Waals surface area contributed by atoms with Crippen molar-refractivity contribution in [2.45, 2.75) is 0 Å². The highest BCUT2D eigenvalue weighted by Gasteiger charge is 2.15. The molecular weight excluding hydrogens is 214 g/mol. The molecule has 0 radical (unpaired) electrons. The van der Waals surface area contributed by atoms with Gasteiger partial charge in [-0.05, 0) is 22.6 Å². The quantitative estimate of drug-likeness (QED) is 0.783. The smallest absolute Gasteiger partial charge is 0.358 e. The van der Waals surface area contributed by atoms with Crippen LogP contribution in [0.4, 0.5) is 0 Å². The molecule has 2 aromatic rings. The van der Waals surface area contributed by atoms with Gasteiger partial charge in [0.15, 0.2) is 11.4 Å². The van der Waals surface area contributed by atoms with Gasteiger partial charge >= 0.3 is 12.0 Å². The van der Waals surface area contributed by atoms with Gasteiger partial charge in [0.2, 0.25) is 0 Å². The molecule has 2 heterocycles. The highest BCUT2D eigenvalue weighted by atomic mass is 16.5. The number of tetrazole rings is 1. The largest absolute Gasteiger partial charge is 0.476 e. The van der Waals surface area contributed by atoms with E-state index in [1.165, 1.54) is 16.9 Å². The van der Waals surface area contributed by atoms with E-state index in [1.54, 1.807) is 13.1 Å². The van der Waals surface area contributed by atoms with Crippen molar-refractivity contribution in [2.75, 3.05) is 0 Å². The van der Waals surface area contributed by atoms with Crippen molar-refractivity contribution in [3.8, 4) is 11.8 Å². The molecule has 8 heteroatoms. The molecule has 0 unspecified atom stereocenters. The molecular formula is C8H7N5O3. The first kappa shape index (κ1) is 10.0. The number of pyridine rings is 1. The summed E-state index contributed by atoms with van der Waals surface area (Å²) < 4.78 is 6.50. The van der Waals surface area contributed by atoms with E-state index in [9.17, 15) is 4.79 Å². The minimum absolute atomic E-state index is 0.0906. The number of aromatic carboxylic acids is 1. The monoisotopic (exact) mass is 221 g/mol. The van der Waals surface area contributed by atoms with E-state index in [-0.39, 0.29) is 17.5 Å². The molecule has 0 saturated heterocycles. The van der Waals surface area contributed by atoms with E-state index in [0.29, 0.717) is 0 Å². The van der Waals surface area contributed by atoms with Crippen LogP contribution in [0.25, 0.3) is 0 Å². The molecule has 0 bridgehead atoms. The minimum atomic E-state index is -1.18. The molecule has 2 rings (SSSR count). The zero-order valence-electron chi connectivity index (χ0n) is 8.23. The van der Waals surface area contributed by atoms with Crippen LogP contribution in [0.5, 0.6) is 11.8 Å². The third-order valence-electron chi connectivity index (χ3n) is 1.76. The highest BCUT2D eigenvalue weighted by molar-refractivity contribution is 5.88. The second-order valence-electron chi connectivity index (χ2n) is 2.84. The molecule has 0 spiro atoms. The van der Waals surface area contributed by atoms with Crippen molar-refractivity contribution < 1.29 is 14.6 Å². The number of ether oxygens (including phenoxy) is 1. The summed E-state index contributed by atoms with van der Waals surface area (Å²) in [7, 11) is 1.58. The molecule has 0 aliphatic carbocycles. The Hall–Kier alpha value is -2.51. The van der Waals surface area contributed by atoms with Crippen LogP contribution in [-0.4, -0.2) is 36.3 Å². The van der Waals surface area contributed by atoms with Gasteiger partial charge in [-0.3, -0.25) is 0 Å². The lowest BCUT2D eigenvalue weighted by molar-refractivity contribution is 0.0687. The van der Waals surface area contributed by atoms with Crippen molar-refractivity contribution >= 4 is 5.97 Å². The summed E-state index contributed by atoms with van der Waals surface area (Å²) in [5.41, 5.74) is -0.189. The minimum Gasteiger partial charge on any atom is -0.476 e. The van der Waals surface area contributed by atoms with Gasteiger partial charge in [-0.1, -0.05) is 5.10 Å². The Bertz CT molecular complexity index is 524.